The lowest BCUT2D eigenvalue weighted by Crippen LogP contribution is -2.11. The van der Waals surface area contributed by atoms with E-state index in [2.05, 4.69) is 0 Å². The van der Waals surface area contributed by atoms with Crippen molar-refractivity contribution in [3.63, 3.8) is 0 Å². The molecule has 1 aliphatic heterocycles. The first kappa shape index (κ1) is 12.1. The molecule has 1 saturated heterocycles. The molecule has 2 atom stereocenters. The van der Waals surface area contributed by atoms with Crippen molar-refractivity contribution < 1.29 is 23.2 Å². The Hall–Kier alpha value is 0.0700. The Bertz CT molecular complexity index is 202. The fourth-order valence-electron chi connectivity index (χ4n) is 1.14. The highest BCUT2D eigenvalue weighted by atomic mass is 31.2. The molecule has 0 radical (unpaired) electrons. The van der Waals surface area contributed by atoms with Gasteiger partial charge >= 0.3 is 7.82 Å². The molecule has 14 heavy (non-hydrogen) atoms. The lowest BCUT2D eigenvalue weighted by molar-refractivity contribution is 0.0886. The van der Waals surface area contributed by atoms with Gasteiger partial charge in [-0.1, -0.05) is 13.3 Å². The maximum Gasteiger partial charge on any atom is 0.472 e. The van der Waals surface area contributed by atoms with Crippen LogP contribution in [-0.2, 0) is 18.3 Å². The molecule has 1 rings (SSSR count). The van der Waals surface area contributed by atoms with E-state index in [0.29, 0.717) is 19.6 Å². The van der Waals surface area contributed by atoms with Crippen LogP contribution in [0.1, 0.15) is 26.2 Å². The van der Waals surface area contributed by atoms with Gasteiger partial charge in [0.15, 0.2) is 0 Å². The van der Waals surface area contributed by atoms with E-state index in [1.807, 2.05) is 6.92 Å². The van der Waals surface area contributed by atoms with Crippen LogP contribution >= 0.6 is 7.82 Å². The minimum Gasteiger partial charge on any atom is -0.379 e. The highest BCUT2D eigenvalue weighted by Crippen LogP contribution is 2.45. The van der Waals surface area contributed by atoms with E-state index in [4.69, 9.17) is 13.8 Å². The van der Waals surface area contributed by atoms with Crippen molar-refractivity contribution in [1.82, 2.24) is 0 Å². The summed E-state index contributed by atoms with van der Waals surface area (Å²) < 4.78 is 26.0. The molecule has 1 aliphatic rings. The second kappa shape index (κ2) is 5.83. The van der Waals surface area contributed by atoms with Crippen LogP contribution in [0, 0.1) is 0 Å². The van der Waals surface area contributed by atoms with Gasteiger partial charge in [0.1, 0.15) is 0 Å². The third-order valence-electron chi connectivity index (χ3n) is 1.92. The van der Waals surface area contributed by atoms with E-state index in [0.717, 1.165) is 12.8 Å². The number of unbranched alkanes of at least 4 members (excludes halogenated alkanes) is 1. The van der Waals surface area contributed by atoms with E-state index in [9.17, 15) is 9.46 Å². The van der Waals surface area contributed by atoms with E-state index in [1.54, 1.807) is 0 Å². The van der Waals surface area contributed by atoms with Gasteiger partial charge in [-0.3, -0.25) is 9.05 Å². The van der Waals surface area contributed by atoms with E-state index < -0.39 is 7.82 Å². The van der Waals surface area contributed by atoms with Crippen molar-refractivity contribution in [2.75, 3.05) is 19.8 Å². The Morgan fingerprint density at radius 2 is 2.43 bits per heavy atom. The zero-order chi connectivity index (χ0) is 10.4. The van der Waals surface area contributed by atoms with Gasteiger partial charge in [-0.05, 0) is 12.8 Å². The molecule has 0 aromatic carbocycles. The Labute approximate surface area is 84.0 Å². The smallest absolute Gasteiger partial charge is 0.379 e. The normalized spacial score (nSPS) is 26.3. The molecule has 0 bridgehead atoms. The molecule has 1 N–H and O–H groups in total. The van der Waals surface area contributed by atoms with Crippen molar-refractivity contribution in [2.24, 2.45) is 0 Å². The molecule has 0 aromatic rings. The van der Waals surface area contributed by atoms with Crippen LogP contribution in [0.2, 0.25) is 0 Å². The van der Waals surface area contributed by atoms with Gasteiger partial charge in [0, 0.05) is 6.61 Å². The second-order valence-corrected chi connectivity index (χ2v) is 4.65. The number of phosphoric ester groups is 1. The Kier molecular flexibility index (Phi) is 5.06. The molecule has 0 saturated carbocycles. The summed E-state index contributed by atoms with van der Waals surface area (Å²) in [5, 5.41) is 0. The van der Waals surface area contributed by atoms with E-state index in [-0.39, 0.29) is 12.7 Å². The van der Waals surface area contributed by atoms with Crippen LogP contribution in [0.4, 0.5) is 0 Å². The third-order valence-corrected chi connectivity index (χ3v) is 3.00. The maximum atomic E-state index is 11.3. The molecule has 2 unspecified atom stereocenters. The van der Waals surface area contributed by atoms with Crippen LogP contribution in [0.3, 0.4) is 0 Å². The molecule has 0 spiro atoms. The van der Waals surface area contributed by atoms with Crippen LogP contribution in [0.25, 0.3) is 0 Å². The SMILES string of the molecule is CCCCOP(=O)(O)OC1CCOC1. The monoisotopic (exact) mass is 224 g/mol. The molecule has 0 aromatic heterocycles. The molecule has 1 fully saturated rings. The van der Waals surface area contributed by atoms with E-state index >= 15 is 0 Å². The van der Waals surface area contributed by atoms with Crippen molar-refractivity contribution in [3.8, 4) is 0 Å². The first-order chi connectivity index (χ1) is 6.64. The van der Waals surface area contributed by atoms with Gasteiger partial charge in [-0.15, -0.1) is 0 Å². The first-order valence-corrected chi connectivity index (χ1v) is 6.37. The molecular formula is C8H17O5P. The fourth-order valence-corrected chi connectivity index (χ4v) is 2.10. The summed E-state index contributed by atoms with van der Waals surface area (Å²) in [4.78, 5) is 9.26. The Morgan fingerprint density at radius 3 is 3.00 bits per heavy atom. The number of hydrogen-bond acceptors (Lipinski definition) is 4. The van der Waals surface area contributed by atoms with Gasteiger partial charge in [0.25, 0.3) is 0 Å². The highest BCUT2D eigenvalue weighted by molar-refractivity contribution is 7.47. The summed E-state index contributed by atoms with van der Waals surface area (Å²) in [6.07, 6.45) is 2.04. The Morgan fingerprint density at radius 1 is 1.64 bits per heavy atom. The molecule has 0 aliphatic carbocycles. The average molecular weight is 224 g/mol. The van der Waals surface area contributed by atoms with Crippen LogP contribution in [0.15, 0.2) is 0 Å². The third kappa shape index (κ3) is 4.53. The van der Waals surface area contributed by atoms with Crippen LogP contribution in [-0.4, -0.2) is 30.8 Å². The first-order valence-electron chi connectivity index (χ1n) is 4.87. The lowest BCUT2D eigenvalue weighted by Gasteiger charge is -2.15. The molecule has 6 heteroatoms. The predicted molar refractivity (Wildman–Crippen MR) is 51.0 cm³/mol. The summed E-state index contributed by atoms with van der Waals surface area (Å²) in [5.74, 6) is 0. The van der Waals surface area contributed by atoms with Crippen molar-refractivity contribution >= 4 is 7.82 Å². The zero-order valence-corrected chi connectivity index (χ0v) is 9.24. The summed E-state index contributed by atoms with van der Waals surface area (Å²) in [6.45, 7) is 3.20. The number of rotatable bonds is 6. The van der Waals surface area contributed by atoms with E-state index in [1.165, 1.54) is 0 Å². The fraction of sp³-hybridized carbons (Fsp3) is 1.00. The summed E-state index contributed by atoms with van der Waals surface area (Å²) in [7, 11) is -3.85. The number of phosphoric acid groups is 1. The lowest BCUT2D eigenvalue weighted by atomic mass is 10.3. The van der Waals surface area contributed by atoms with Crippen molar-refractivity contribution in [3.05, 3.63) is 0 Å². The highest BCUT2D eigenvalue weighted by Gasteiger charge is 2.28. The summed E-state index contributed by atoms with van der Waals surface area (Å²) >= 11 is 0. The largest absolute Gasteiger partial charge is 0.472 e. The van der Waals surface area contributed by atoms with Gasteiger partial charge < -0.3 is 9.63 Å². The van der Waals surface area contributed by atoms with Gasteiger partial charge in [0.2, 0.25) is 0 Å². The Balaban J connectivity index is 2.22. The maximum absolute atomic E-state index is 11.3. The standard InChI is InChI=1S/C8H17O5P/c1-2-3-5-12-14(9,10)13-8-4-6-11-7-8/h8H,2-7H2,1H3,(H,9,10). The van der Waals surface area contributed by atoms with Gasteiger partial charge in [0.05, 0.1) is 19.3 Å². The molecule has 5 nitrogen and oxygen atoms in total. The minimum absolute atomic E-state index is 0.262. The van der Waals surface area contributed by atoms with Crippen LogP contribution < -0.4 is 0 Å². The van der Waals surface area contributed by atoms with Gasteiger partial charge in [-0.25, -0.2) is 4.57 Å². The van der Waals surface area contributed by atoms with Gasteiger partial charge in [-0.2, -0.15) is 0 Å². The molecule has 84 valence electrons. The summed E-state index contributed by atoms with van der Waals surface area (Å²) in [6, 6.07) is 0. The topological polar surface area (TPSA) is 65.0 Å². The molecular weight excluding hydrogens is 207 g/mol. The quantitative estimate of drug-likeness (QED) is 0.549. The zero-order valence-electron chi connectivity index (χ0n) is 8.35. The number of ether oxygens (including phenoxy) is 1. The van der Waals surface area contributed by atoms with Crippen molar-refractivity contribution in [2.45, 2.75) is 32.3 Å². The molecule has 1 heterocycles. The van der Waals surface area contributed by atoms with Crippen molar-refractivity contribution in [1.29, 1.82) is 0 Å². The number of hydrogen-bond donors (Lipinski definition) is 1. The molecule has 0 amide bonds. The second-order valence-electron chi connectivity index (χ2n) is 3.25. The van der Waals surface area contributed by atoms with Crippen LogP contribution in [0.5, 0.6) is 0 Å². The predicted octanol–water partition coefficient (Wildman–Crippen LogP) is 1.71. The average Bonchev–Trinajstić information content (AvgIpc) is 2.56. The summed E-state index contributed by atoms with van der Waals surface area (Å²) in [5.41, 5.74) is 0. The minimum atomic E-state index is -3.85.